The molecule has 1 atom stereocenters. The second-order valence-corrected chi connectivity index (χ2v) is 6.71. The van der Waals surface area contributed by atoms with E-state index in [1.807, 2.05) is 0 Å². The third-order valence-corrected chi connectivity index (χ3v) is 4.33. The topological polar surface area (TPSA) is 72.9 Å². The van der Waals surface area contributed by atoms with Gasteiger partial charge < -0.3 is 9.47 Å². The SMILES string of the molecule is COC(=O)C1CCN(S(C)(=O)=O)c2cc(Cl)ccc2O1. The number of nitrogens with zero attached hydrogens (tertiary/aromatic N) is 1. The summed E-state index contributed by atoms with van der Waals surface area (Å²) >= 11 is 5.90. The number of anilines is 1. The van der Waals surface area contributed by atoms with Crippen molar-refractivity contribution in [2.24, 2.45) is 0 Å². The fourth-order valence-electron chi connectivity index (χ4n) is 1.99. The van der Waals surface area contributed by atoms with Gasteiger partial charge in [-0.15, -0.1) is 0 Å². The van der Waals surface area contributed by atoms with Crippen molar-refractivity contribution in [2.75, 3.05) is 24.2 Å². The number of sulfonamides is 1. The van der Waals surface area contributed by atoms with E-state index < -0.39 is 22.1 Å². The van der Waals surface area contributed by atoms with Gasteiger partial charge in [-0.25, -0.2) is 13.2 Å². The smallest absolute Gasteiger partial charge is 0.347 e. The van der Waals surface area contributed by atoms with Gasteiger partial charge in [-0.05, 0) is 18.2 Å². The van der Waals surface area contributed by atoms with Crippen LogP contribution < -0.4 is 9.04 Å². The van der Waals surface area contributed by atoms with Gasteiger partial charge in [0, 0.05) is 18.0 Å². The molecule has 6 nitrogen and oxygen atoms in total. The molecule has 0 radical (unpaired) electrons. The summed E-state index contributed by atoms with van der Waals surface area (Å²) in [6, 6.07) is 4.61. The van der Waals surface area contributed by atoms with E-state index in [1.165, 1.54) is 23.5 Å². The summed E-state index contributed by atoms with van der Waals surface area (Å²) in [6.45, 7) is 0.117. The molecule has 0 saturated carbocycles. The maximum absolute atomic E-state index is 11.9. The van der Waals surface area contributed by atoms with Crippen LogP contribution in [0.25, 0.3) is 0 Å². The Kier molecular flexibility index (Phi) is 4.10. The minimum atomic E-state index is -3.49. The number of ether oxygens (including phenoxy) is 2. The van der Waals surface area contributed by atoms with Crippen molar-refractivity contribution >= 4 is 33.3 Å². The van der Waals surface area contributed by atoms with Crippen LogP contribution in [0, 0.1) is 0 Å². The number of hydrogen-bond acceptors (Lipinski definition) is 5. The van der Waals surface area contributed by atoms with E-state index in [9.17, 15) is 13.2 Å². The normalized spacial score (nSPS) is 18.8. The molecule has 0 spiro atoms. The molecule has 0 fully saturated rings. The quantitative estimate of drug-likeness (QED) is 0.771. The molecule has 1 heterocycles. The van der Waals surface area contributed by atoms with Crippen LogP contribution in [0.15, 0.2) is 18.2 Å². The molecule has 1 aliphatic heterocycles. The molecule has 1 aliphatic rings. The summed E-state index contributed by atoms with van der Waals surface area (Å²) in [7, 11) is -2.24. The molecule has 0 amide bonds. The van der Waals surface area contributed by atoms with E-state index >= 15 is 0 Å². The Morgan fingerprint density at radius 1 is 1.50 bits per heavy atom. The van der Waals surface area contributed by atoms with Gasteiger partial charge in [0.1, 0.15) is 5.75 Å². The molecular weight excluding hydrogens is 306 g/mol. The summed E-state index contributed by atoms with van der Waals surface area (Å²) < 4.78 is 35.1. The second-order valence-electron chi connectivity index (χ2n) is 4.37. The van der Waals surface area contributed by atoms with Crippen molar-refractivity contribution in [1.82, 2.24) is 0 Å². The van der Waals surface area contributed by atoms with Crippen molar-refractivity contribution in [1.29, 1.82) is 0 Å². The van der Waals surface area contributed by atoms with Gasteiger partial charge in [0.2, 0.25) is 10.0 Å². The fraction of sp³-hybridized carbons (Fsp3) is 0.417. The van der Waals surface area contributed by atoms with E-state index in [0.29, 0.717) is 10.7 Å². The summed E-state index contributed by atoms with van der Waals surface area (Å²) in [5, 5.41) is 0.387. The van der Waals surface area contributed by atoms with E-state index in [0.717, 1.165) is 6.26 Å². The van der Waals surface area contributed by atoms with Crippen LogP contribution in [-0.2, 0) is 19.6 Å². The van der Waals surface area contributed by atoms with Crippen LogP contribution in [-0.4, -0.2) is 40.4 Å². The van der Waals surface area contributed by atoms with Gasteiger partial charge in [-0.3, -0.25) is 4.31 Å². The number of methoxy groups -OCH3 is 1. The molecule has 0 bridgehead atoms. The highest BCUT2D eigenvalue weighted by atomic mass is 35.5. The maximum Gasteiger partial charge on any atom is 0.347 e. The van der Waals surface area contributed by atoms with Crippen LogP contribution >= 0.6 is 11.6 Å². The molecule has 1 aromatic carbocycles. The molecule has 0 aliphatic carbocycles. The van der Waals surface area contributed by atoms with Crippen LogP contribution in [0.2, 0.25) is 5.02 Å². The number of halogens is 1. The standard InChI is InChI=1S/C12H14ClNO5S/c1-18-12(15)11-5-6-14(20(2,16)17)9-7-8(13)3-4-10(9)19-11/h3-4,7,11H,5-6H2,1-2H3. The number of carbonyl (C=O) groups is 1. The Bertz CT molecular complexity index is 631. The third kappa shape index (κ3) is 2.99. The van der Waals surface area contributed by atoms with Crippen molar-refractivity contribution in [3.05, 3.63) is 23.2 Å². The lowest BCUT2D eigenvalue weighted by Gasteiger charge is -2.21. The zero-order valence-electron chi connectivity index (χ0n) is 11.0. The van der Waals surface area contributed by atoms with Crippen molar-refractivity contribution in [2.45, 2.75) is 12.5 Å². The van der Waals surface area contributed by atoms with Gasteiger partial charge in [-0.2, -0.15) is 0 Å². The molecule has 8 heteroatoms. The molecule has 0 N–H and O–H groups in total. The lowest BCUT2D eigenvalue weighted by atomic mass is 10.2. The number of benzene rings is 1. The predicted molar refractivity (Wildman–Crippen MR) is 74.7 cm³/mol. The number of fused-ring (bicyclic) bond motifs is 1. The maximum atomic E-state index is 11.9. The largest absolute Gasteiger partial charge is 0.476 e. The van der Waals surface area contributed by atoms with Crippen LogP contribution in [0.1, 0.15) is 6.42 Å². The number of carbonyl (C=O) groups excluding carboxylic acids is 1. The van der Waals surface area contributed by atoms with E-state index in [1.54, 1.807) is 6.07 Å². The molecule has 1 aromatic rings. The zero-order chi connectivity index (χ0) is 14.9. The van der Waals surface area contributed by atoms with Crippen molar-refractivity contribution in [3.8, 4) is 5.75 Å². The molecule has 2 rings (SSSR count). The highest BCUT2D eigenvalue weighted by molar-refractivity contribution is 7.92. The molecule has 0 saturated heterocycles. The molecule has 0 aromatic heterocycles. The number of rotatable bonds is 2. The van der Waals surface area contributed by atoms with Crippen LogP contribution in [0.4, 0.5) is 5.69 Å². The Balaban J connectivity index is 2.48. The average molecular weight is 320 g/mol. The van der Waals surface area contributed by atoms with Gasteiger partial charge in [-0.1, -0.05) is 11.6 Å². The van der Waals surface area contributed by atoms with Gasteiger partial charge in [0.15, 0.2) is 6.10 Å². The molecule has 20 heavy (non-hydrogen) atoms. The number of hydrogen-bond donors (Lipinski definition) is 0. The highest BCUT2D eigenvalue weighted by Crippen LogP contribution is 2.36. The summed E-state index contributed by atoms with van der Waals surface area (Å²) in [6.07, 6.45) is 0.453. The van der Waals surface area contributed by atoms with Crippen LogP contribution in [0.3, 0.4) is 0 Å². The van der Waals surface area contributed by atoms with E-state index in [2.05, 4.69) is 4.74 Å². The predicted octanol–water partition coefficient (Wildman–Crippen LogP) is 1.43. The van der Waals surface area contributed by atoms with Gasteiger partial charge >= 0.3 is 5.97 Å². The lowest BCUT2D eigenvalue weighted by Crippen LogP contribution is -2.33. The Morgan fingerprint density at radius 2 is 2.20 bits per heavy atom. The fourth-order valence-corrected chi connectivity index (χ4v) is 3.10. The summed E-state index contributed by atoms with van der Waals surface area (Å²) in [5.74, 6) is -0.256. The molecular formula is C12H14ClNO5S. The molecule has 110 valence electrons. The minimum absolute atomic E-state index is 0.117. The number of esters is 1. The summed E-state index contributed by atoms with van der Waals surface area (Å²) in [4.78, 5) is 11.6. The minimum Gasteiger partial charge on any atom is -0.476 e. The Labute approximate surface area is 122 Å². The van der Waals surface area contributed by atoms with Gasteiger partial charge in [0.05, 0.1) is 19.1 Å². The Hall–Kier alpha value is -1.47. The third-order valence-electron chi connectivity index (χ3n) is 2.92. The highest BCUT2D eigenvalue weighted by Gasteiger charge is 2.31. The Morgan fingerprint density at radius 3 is 2.80 bits per heavy atom. The van der Waals surface area contributed by atoms with Crippen molar-refractivity contribution in [3.63, 3.8) is 0 Å². The average Bonchev–Trinajstić information content (AvgIpc) is 2.56. The molecule has 1 unspecified atom stereocenters. The lowest BCUT2D eigenvalue weighted by molar-refractivity contribution is -0.148. The van der Waals surface area contributed by atoms with E-state index in [4.69, 9.17) is 16.3 Å². The zero-order valence-corrected chi connectivity index (χ0v) is 12.6. The first kappa shape index (κ1) is 14.9. The first-order valence-corrected chi connectivity index (χ1v) is 8.07. The monoisotopic (exact) mass is 319 g/mol. The summed E-state index contributed by atoms with van der Waals surface area (Å²) in [5.41, 5.74) is 0.325. The van der Waals surface area contributed by atoms with Crippen molar-refractivity contribution < 1.29 is 22.7 Å². The first-order valence-electron chi connectivity index (χ1n) is 5.84. The van der Waals surface area contributed by atoms with Gasteiger partial charge in [0.25, 0.3) is 0 Å². The van der Waals surface area contributed by atoms with E-state index in [-0.39, 0.29) is 18.7 Å². The first-order chi connectivity index (χ1) is 9.32. The second kappa shape index (κ2) is 5.49. The van der Waals surface area contributed by atoms with Crippen LogP contribution in [0.5, 0.6) is 5.75 Å².